The molecule has 0 unspecified atom stereocenters. The van der Waals surface area contributed by atoms with Crippen molar-refractivity contribution in [2.75, 3.05) is 27.2 Å². The number of rotatable bonds is 11. The summed E-state index contributed by atoms with van der Waals surface area (Å²) in [6, 6.07) is 37.8. The summed E-state index contributed by atoms with van der Waals surface area (Å²) in [5.41, 5.74) is 7.30. The van der Waals surface area contributed by atoms with Crippen LogP contribution in [-0.4, -0.2) is 32.1 Å². The molecule has 0 radical (unpaired) electrons. The van der Waals surface area contributed by atoms with Gasteiger partial charge in [-0.15, -0.1) is 0 Å². The predicted octanol–water partition coefficient (Wildman–Crippen LogP) is 7.58. The Labute approximate surface area is 215 Å². The van der Waals surface area contributed by atoms with E-state index < -0.39 is 0 Å². The van der Waals surface area contributed by atoms with Crippen molar-refractivity contribution in [2.45, 2.75) is 20.0 Å². The third-order valence-electron chi connectivity index (χ3n) is 6.12. The molecule has 0 heterocycles. The molecule has 0 aromatic heterocycles. The van der Waals surface area contributed by atoms with Crippen molar-refractivity contribution in [3.8, 4) is 11.5 Å². The van der Waals surface area contributed by atoms with Crippen LogP contribution in [0.25, 0.3) is 11.1 Å². The summed E-state index contributed by atoms with van der Waals surface area (Å²) in [4.78, 5) is 2.12. The Kier molecular flexibility index (Phi) is 8.96. The van der Waals surface area contributed by atoms with E-state index in [0.717, 1.165) is 30.0 Å². The largest absolute Gasteiger partial charge is 0.492 e. The van der Waals surface area contributed by atoms with Crippen LogP contribution in [0.2, 0.25) is 0 Å². The van der Waals surface area contributed by atoms with Crippen LogP contribution in [0.15, 0.2) is 109 Å². The molecule has 0 N–H and O–H groups in total. The topological polar surface area (TPSA) is 21.7 Å². The summed E-state index contributed by atoms with van der Waals surface area (Å²) >= 11 is 0. The van der Waals surface area contributed by atoms with Crippen LogP contribution in [0.4, 0.5) is 0 Å². The Morgan fingerprint density at radius 2 is 1.14 bits per heavy atom. The maximum atomic E-state index is 6.04. The molecule has 0 aliphatic rings. The van der Waals surface area contributed by atoms with Gasteiger partial charge in [0.2, 0.25) is 0 Å². The van der Waals surface area contributed by atoms with Crippen LogP contribution < -0.4 is 9.47 Å². The Morgan fingerprint density at radius 3 is 1.67 bits per heavy atom. The lowest BCUT2D eigenvalue weighted by atomic mass is 9.88. The zero-order valence-corrected chi connectivity index (χ0v) is 21.5. The molecule has 4 aromatic rings. The summed E-state index contributed by atoms with van der Waals surface area (Å²) in [7, 11) is 4.11. The molecule has 0 bridgehead atoms. The summed E-state index contributed by atoms with van der Waals surface area (Å²) in [6.45, 7) is 4.34. The van der Waals surface area contributed by atoms with Crippen molar-refractivity contribution in [1.29, 1.82) is 0 Å². The molecule has 184 valence electrons. The van der Waals surface area contributed by atoms with Gasteiger partial charge in [0.15, 0.2) is 0 Å². The van der Waals surface area contributed by atoms with Crippen LogP contribution in [0.1, 0.15) is 35.6 Å². The first-order valence-corrected chi connectivity index (χ1v) is 12.6. The Balaban J connectivity index is 1.63. The van der Waals surface area contributed by atoms with Gasteiger partial charge in [-0.2, -0.15) is 0 Å². The predicted molar refractivity (Wildman–Crippen MR) is 150 cm³/mol. The fourth-order valence-corrected chi connectivity index (χ4v) is 4.20. The number of hydrogen-bond donors (Lipinski definition) is 0. The molecule has 0 aliphatic heterocycles. The molecular formula is C33H35NO2. The zero-order valence-electron chi connectivity index (χ0n) is 21.5. The SMILES string of the molecule is CC/C(=C(/c1ccc(OCCN(C)C)cc1)c1ccc(OCc2ccccc2)cc1)c1ccccc1. The maximum absolute atomic E-state index is 6.04. The average molecular weight is 478 g/mol. The molecule has 0 saturated carbocycles. The number of allylic oxidation sites excluding steroid dienone is 1. The van der Waals surface area contributed by atoms with Crippen molar-refractivity contribution in [3.63, 3.8) is 0 Å². The van der Waals surface area contributed by atoms with Gasteiger partial charge in [0, 0.05) is 6.54 Å². The van der Waals surface area contributed by atoms with Crippen molar-refractivity contribution < 1.29 is 9.47 Å². The molecule has 36 heavy (non-hydrogen) atoms. The number of likely N-dealkylation sites (N-methyl/N-ethyl adjacent to an activating group) is 1. The van der Waals surface area contributed by atoms with E-state index in [-0.39, 0.29) is 0 Å². The molecule has 0 saturated heterocycles. The van der Waals surface area contributed by atoms with Crippen molar-refractivity contribution >= 4 is 11.1 Å². The van der Waals surface area contributed by atoms with E-state index in [4.69, 9.17) is 9.47 Å². The van der Waals surface area contributed by atoms with Crippen LogP contribution >= 0.6 is 0 Å². The average Bonchev–Trinajstić information content (AvgIpc) is 2.92. The lowest BCUT2D eigenvalue weighted by Gasteiger charge is -2.17. The highest BCUT2D eigenvalue weighted by Gasteiger charge is 2.13. The highest BCUT2D eigenvalue weighted by molar-refractivity contribution is 5.98. The van der Waals surface area contributed by atoms with E-state index in [0.29, 0.717) is 13.2 Å². The van der Waals surface area contributed by atoms with Gasteiger partial charge >= 0.3 is 0 Å². The number of ether oxygens (including phenoxy) is 2. The third-order valence-corrected chi connectivity index (χ3v) is 6.12. The molecule has 0 fully saturated rings. The van der Waals surface area contributed by atoms with Crippen molar-refractivity contribution in [1.82, 2.24) is 4.90 Å². The first kappa shape index (κ1) is 25.3. The molecular weight excluding hydrogens is 442 g/mol. The highest BCUT2D eigenvalue weighted by atomic mass is 16.5. The van der Waals surface area contributed by atoms with Crippen LogP contribution in [-0.2, 0) is 6.61 Å². The van der Waals surface area contributed by atoms with Crippen LogP contribution in [0, 0.1) is 0 Å². The van der Waals surface area contributed by atoms with Gasteiger partial charge in [0.25, 0.3) is 0 Å². The van der Waals surface area contributed by atoms with Gasteiger partial charge in [-0.1, -0.05) is 91.9 Å². The quantitative estimate of drug-likeness (QED) is 0.208. The molecule has 0 amide bonds. The summed E-state index contributed by atoms with van der Waals surface area (Å²) < 4.78 is 12.0. The Hall–Kier alpha value is -3.82. The van der Waals surface area contributed by atoms with Crippen molar-refractivity contribution in [2.24, 2.45) is 0 Å². The minimum absolute atomic E-state index is 0.558. The first-order chi connectivity index (χ1) is 17.6. The second kappa shape index (κ2) is 12.8. The number of nitrogens with zero attached hydrogens (tertiary/aromatic N) is 1. The molecule has 3 heteroatoms. The van der Waals surface area contributed by atoms with E-state index in [1.807, 2.05) is 18.2 Å². The Morgan fingerprint density at radius 1 is 0.611 bits per heavy atom. The van der Waals surface area contributed by atoms with E-state index in [1.54, 1.807) is 0 Å². The maximum Gasteiger partial charge on any atom is 0.119 e. The van der Waals surface area contributed by atoms with E-state index in [9.17, 15) is 0 Å². The lowest BCUT2D eigenvalue weighted by Crippen LogP contribution is -2.19. The standard InChI is InChI=1S/C33H35NO2/c1-4-32(27-13-9-6-10-14-27)33(28-15-19-30(20-16-28)35-24-23-34(2)3)29-17-21-31(22-18-29)36-25-26-11-7-5-8-12-26/h5-22H,4,23-25H2,1-3H3/b33-32+. The molecule has 4 rings (SSSR count). The number of benzene rings is 4. The normalized spacial score (nSPS) is 11.8. The minimum atomic E-state index is 0.558. The second-order valence-electron chi connectivity index (χ2n) is 9.05. The molecule has 3 nitrogen and oxygen atoms in total. The number of hydrogen-bond acceptors (Lipinski definition) is 3. The second-order valence-corrected chi connectivity index (χ2v) is 9.05. The van der Waals surface area contributed by atoms with Gasteiger partial charge in [0.05, 0.1) is 0 Å². The summed E-state index contributed by atoms with van der Waals surface area (Å²) in [5, 5.41) is 0. The lowest BCUT2D eigenvalue weighted by molar-refractivity contribution is 0.261. The first-order valence-electron chi connectivity index (χ1n) is 12.6. The van der Waals surface area contributed by atoms with E-state index >= 15 is 0 Å². The van der Waals surface area contributed by atoms with E-state index in [1.165, 1.54) is 27.8 Å². The smallest absolute Gasteiger partial charge is 0.119 e. The van der Waals surface area contributed by atoms with Crippen LogP contribution in [0.5, 0.6) is 11.5 Å². The minimum Gasteiger partial charge on any atom is -0.492 e. The summed E-state index contributed by atoms with van der Waals surface area (Å²) in [5.74, 6) is 1.76. The molecule has 0 atom stereocenters. The van der Waals surface area contributed by atoms with Gasteiger partial charge in [-0.25, -0.2) is 0 Å². The highest BCUT2D eigenvalue weighted by Crippen LogP contribution is 2.35. The molecule has 4 aromatic carbocycles. The van der Waals surface area contributed by atoms with Gasteiger partial charge in [0.1, 0.15) is 24.7 Å². The zero-order chi connectivity index (χ0) is 25.2. The van der Waals surface area contributed by atoms with Gasteiger partial charge in [-0.05, 0) is 78.2 Å². The van der Waals surface area contributed by atoms with Gasteiger partial charge < -0.3 is 14.4 Å². The fraction of sp³-hybridized carbons (Fsp3) is 0.212. The van der Waals surface area contributed by atoms with Gasteiger partial charge in [-0.3, -0.25) is 0 Å². The molecule has 0 spiro atoms. The monoisotopic (exact) mass is 477 g/mol. The Bertz CT molecular complexity index is 1230. The molecule has 0 aliphatic carbocycles. The summed E-state index contributed by atoms with van der Waals surface area (Å²) in [6.07, 6.45) is 0.923. The third kappa shape index (κ3) is 6.87. The van der Waals surface area contributed by atoms with E-state index in [2.05, 4.69) is 117 Å². The fourth-order valence-electron chi connectivity index (χ4n) is 4.20. The van der Waals surface area contributed by atoms with Crippen LogP contribution in [0.3, 0.4) is 0 Å². The van der Waals surface area contributed by atoms with Crippen molar-refractivity contribution in [3.05, 3.63) is 131 Å².